The molecule has 0 rings (SSSR count). The molecule has 0 aliphatic rings. The Balaban J connectivity index is 0. The molecule has 0 aliphatic carbocycles. The van der Waals surface area contributed by atoms with Crippen LogP contribution in [0.2, 0.25) is 0 Å². The summed E-state index contributed by atoms with van der Waals surface area (Å²) in [5.41, 5.74) is 0. The molecule has 58 valence electrons. The minimum Gasteiger partial charge on any atom is -0.314 e. The zero-order chi connectivity index (χ0) is 7.70. The van der Waals surface area contributed by atoms with Gasteiger partial charge in [0, 0.05) is 13.1 Å². The van der Waals surface area contributed by atoms with Crippen molar-refractivity contribution in [2.45, 2.75) is 34.1 Å². The van der Waals surface area contributed by atoms with Gasteiger partial charge >= 0.3 is 0 Å². The van der Waals surface area contributed by atoms with Crippen LogP contribution in [0.25, 0.3) is 0 Å². The lowest BCUT2D eigenvalue weighted by Gasteiger charge is -2.05. The molecule has 0 bridgehead atoms. The predicted octanol–water partition coefficient (Wildman–Crippen LogP) is 2.13. The van der Waals surface area contributed by atoms with Gasteiger partial charge in [-0.1, -0.05) is 34.1 Å². The Morgan fingerprint density at radius 2 is 1.22 bits per heavy atom. The zero-order valence-electron chi connectivity index (χ0n) is 7.02. The van der Waals surface area contributed by atoms with Crippen molar-refractivity contribution < 1.29 is 5.21 Å². The number of hydrogen-bond donors (Lipinski definition) is 1. The summed E-state index contributed by atoms with van der Waals surface area (Å²) in [5.74, 6) is 0. The van der Waals surface area contributed by atoms with E-state index in [-0.39, 0.29) is 0 Å². The van der Waals surface area contributed by atoms with Gasteiger partial charge in [0.15, 0.2) is 0 Å². The average Bonchev–Trinajstić information content (AvgIpc) is 1.88. The number of rotatable bonds is 2. The van der Waals surface area contributed by atoms with Crippen molar-refractivity contribution in [3.8, 4) is 0 Å². The largest absolute Gasteiger partial charge is 0.314 e. The molecule has 0 aromatic carbocycles. The van der Waals surface area contributed by atoms with Crippen LogP contribution in [0.5, 0.6) is 0 Å². The Hall–Kier alpha value is -0.0800. The Morgan fingerprint density at radius 3 is 1.22 bits per heavy atom. The van der Waals surface area contributed by atoms with Crippen LogP contribution < -0.4 is 0 Å². The number of nitrogens with zero attached hydrogens (tertiary/aromatic N) is 1. The van der Waals surface area contributed by atoms with Crippen molar-refractivity contribution >= 4 is 0 Å². The summed E-state index contributed by atoms with van der Waals surface area (Å²) in [5, 5.41) is 9.75. The first-order chi connectivity index (χ1) is 4.22. The monoisotopic (exact) mass is 133 g/mol. The quantitative estimate of drug-likeness (QED) is 0.583. The highest BCUT2D eigenvalue weighted by molar-refractivity contribution is 4.26. The highest BCUT2D eigenvalue weighted by Crippen LogP contribution is 1.73. The standard InChI is InChI=1S/C4H11NO.C3H8/c1-3-5(6)4-2;1-3-2/h6H,3-4H2,1-2H3;3H2,1-2H3. The Morgan fingerprint density at radius 1 is 1.00 bits per heavy atom. The molecule has 0 amide bonds. The summed E-state index contributed by atoms with van der Waals surface area (Å²) in [6, 6.07) is 0. The molecule has 0 atom stereocenters. The first-order valence-corrected chi connectivity index (χ1v) is 3.66. The van der Waals surface area contributed by atoms with Crippen molar-refractivity contribution in [2.75, 3.05) is 13.1 Å². The summed E-state index contributed by atoms with van der Waals surface area (Å²) >= 11 is 0. The van der Waals surface area contributed by atoms with E-state index in [1.54, 1.807) is 0 Å². The van der Waals surface area contributed by atoms with Crippen LogP contribution in [0.4, 0.5) is 0 Å². The van der Waals surface area contributed by atoms with Gasteiger partial charge in [0.25, 0.3) is 0 Å². The van der Waals surface area contributed by atoms with Gasteiger partial charge < -0.3 is 5.21 Å². The first kappa shape index (κ1) is 11.7. The van der Waals surface area contributed by atoms with Crippen LogP contribution >= 0.6 is 0 Å². The van der Waals surface area contributed by atoms with Crippen molar-refractivity contribution in [1.82, 2.24) is 5.06 Å². The van der Waals surface area contributed by atoms with E-state index < -0.39 is 0 Å². The lowest BCUT2D eigenvalue weighted by atomic mass is 10.6. The summed E-state index contributed by atoms with van der Waals surface area (Å²) in [6.45, 7) is 9.50. The molecular formula is C7H19NO. The molecule has 0 heterocycles. The Kier molecular flexibility index (Phi) is 14.0. The second-order valence-electron chi connectivity index (χ2n) is 1.85. The number of hydroxylamine groups is 2. The highest BCUT2D eigenvalue weighted by atomic mass is 16.5. The highest BCUT2D eigenvalue weighted by Gasteiger charge is 1.84. The van der Waals surface area contributed by atoms with Crippen molar-refractivity contribution in [3.63, 3.8) is 0 Å². The van der Waals surface area contributed by atoms with Gasteiger partial charge in [-0.05, 0) is 0 Å². The fourth-order valence-corrected chi connectivity index (χ4v) is 0.224. The molecule has 0 unspecified atom stereocenters. The molecule has 0 aromatic rings. The van der Waals surface area contributed by atoms with Gasteiger partial charge in [0.05, 0.1) is 0 Å². The lowest BCUT2D eigenvalue weighted by molar-refractivity contribution is -0.0813. The molecule has 0 saturated carbocycles. The molecule has 2 heteroatoms. The van der Waals surface area contributed by atoms with Crippen LogP contribution in [0.15, 0.2) is 0 Å². The minimum absolute atomic E-state index is 0.719. The second kappa shape index (κ2) is 10.8. The Bertz CT molecular complexity index is 35.9. The molecule has 0 aromatic heterocycles. The third kappa shape index (κ3) is 18.1. The zero-order valence-corrected chi connectivity index (χ0v) is 7.02. The maximum Gasteiger partial charge on any atom is 0.0209 e. The second-order valence-corrected chi connectivity index (χ2v) is 1.85. The third-order valence-electron chi connectivity index (χ3n) is 0.730. The molecular weight excluding hydrogens is 114 g/mol. The van der Waals surface area contributed by atoms with E-state index in [2.05, 4.69) is 13.8 Å². The van der Waals surface area contributed by atoms with Gasteiger partial charge in [-0.25, -0.2) is 0 Å². The molecule has 0 aliphatic heterocycles. The van der Waals surface area contributed by atoms with E-state index in [0.29, 0.717) is 0 Å². The fraction of sp³-hybridized carbons (Fsp3) is 1.00. The van der Waals surface area contributed by atoms with E-state index in [0.717, 1.165) is 13.1 Å². The van der Waals surface area contributed by atoms with Crippen LogP contribution in [0.3, 0.4) is 0 Å². The normalized spacial score (nSPS) is 8.67. The molecule has 9 heavy (non-hydrogen) atoms. The van der Waals surface area contributed by atoms with Crippen LogP contribution in [0.1, 0.15) is 34.1 Å². The van der Waals surface area contributed by atoms with E-state index in [9.17, 15) is 0 Å². The molecule has 0 spiro atoms. The molecule has 0 fully saturated rings. The van der Waals surface area contributed by atoms with Gasteiger partial charge in [-0.15, -0.1) is 0 Å². The maximum atomic E-state index is 8.50. The van der Waals surface area contributed by atoms with Crippen LogP contribution in [-0.4, -0.2) is 23.4 Å². The van der Waals surface area contributed by atoms with Crippen LogP contribution in [0, 0.1) is 0 Å². The van der Waals surface area contributed by atoms with Crippen molar-refractivity contribution in [3.05, 3.63) is 0 Å². The molecule has 2 nitrogen and oxygen atoms in total. The van der Waals surface area contributed by atoms with E-state index in [1.807, 2.05) is 13.8 Å². The van der Waals surface area contributed by atoms with Gasteiger partial charge in [-0.2, -0.15) is 5.06 Å². The van der Waals surface area contributed by atoms with Gasteiger partial charge in [0.2, 0.25) is 0 Å². The minimum atomic E-state index is 0.719. The average molecular weight is 133 g/mol. The smallest absolute Gasteiger partial charge is 0.0209 e. The third-order valence-corrected chi connectivity index (χ3v) is 0.730. The van der Waals surface area contributed by atoms with Crippen molar-refractivity contribution in [1.29, 1.82) is 0 Å². The maximum absolute atomic E-state index is 8.50. The summed E-state index contributed by atoms with van der Waals surface area (Å²) in [4.78, 5) is 0. The lowest BCUT2D eigenvalue weighted by Crippen LogP contribution is -2.16. The Labute approximate surface area is 58.4 Å². The summed E-state index contributed by atoms with van der Waals surface area (Å²) in [7, 11) is 0. The molecule has 1 N–H and O–H groups in total. The van der Waals surface area contributed by atoms with E-state index in [1.165, 1.54) is 11.5 Å². The summed E-state index contributed by atoms with van der Waals surface area (Å²) < 4.78 is 0. The predicted molar refractivity (Wildman–Crippen MR) is 40.7 cm³/mol. The molecule has 0 radical (unpaired) electrons. The SMILES string of the molecule is CCC.CCN(O)CC. The molecule has 0 saturated heterocycles. The van der Waals surface area contributed by atoms with E-state index in [4.69, 9.17) is 5.21 Å². The van der Waals surface area contributed by atoms with Crippen LogP contribution in [-0.2, 0) is 0 Å². The first-order valence-electron chi connectivity index (χ1n) is 3.66. The summed E-state index contributed by atoms with van der Waals surface area (Å²) in [6.07, 6.45) is 1.25. The topological polar surface area (TPSA) is 23.5 Å². The van der Waals surface area contributed by atoms with Gasteiger partial charge in [-0.3, -0.25) is 0 Å². The van der Waals surface area contributed by atoms with Gasteiger partial charge in [0.1, 0.15) is 0 Å². The number of hydrogen-bond acceptors (Lipinski definition) is 2. The van der Waals surface area contributed by atoms with Crippen molar-refractivity contribution in [2.24, 2.45) is 0 Å². The fourth-order valence-electron chi connectivity index (χ4n) is 0.224. The van der Waals surface area contributed by atoms with E-state index >= 15 is 0 Å².